The fraction of sp³-hybridized carbons (Fsp3) is 0.810. The molecule has 2 fully saturated rings. The summed E-state index contributed by atoms with van der Waals surface area (Å²) in [7, 11) is 1.86. The molecule has 1 aromatic rings. The number of guanidine groups is 1. The summed E-state index contributed by atoms with van der Waals surface area (Å²) in [6.07, 6.45) is 10.1. The van der Waals surface area contributed by atoms with Crippen LogP contribution in [-0.2, 0) is 12.6 Å². The maximum atomic E-state index is 10.9. The zero-order valence-electron chi connectivity index (χ0n) is 18.3. The van der Waals surface area contributed by atoms with Gasteiger partial charge in [-0.1, -0.05) is 19.3 Å². The zero-order chi connectivity index (χ0) is 20.7. The molecule has 1 aromatic heterocycles. The summed E-state index contributed by atoms with van der Waals surface area (Å²) < 4.78 is 1.71. The van der Waals surface area contributed by atoms with E-state index in [4.69, 9.17) is 4.99 Å². The molecule has 1 aliphatic carbocycles. The standard InChI is InChI=1S/C21H38N6OS/c1-4-22-19(23-16-20(2,28)18-14-25-26(3)15-18)24-17-21(8-6-5-7-9-21)27-10-12-29-13-11-27/h14-15,28H,4-13,16-17H2,1-3H3,(H2,22,23,24). The summed E-state index contributed by atoms with van der Waals surface area (Å²) >= 11 is 2.07. The van der Waals surface area contributed by atoms with E-state index in [1.807, 2.05) is 13.2 Å². The fourth-order valence-corrected chi connectivity index (χ4v) is 5.37. The van der Waals surface area contributed by atoms with Crippen LogP contribution in [0.1, 0.15) is 51.5 Å². The van der Waals surface area contributed by atoms with Crippen molar-refractivity contribution < 1.29 is 5.11 Å². The third-order valence-electron chi connectivity index (χ3n) is 6.27. The molecule has 1 saturated heterocycles. The van der Waals surface area contributed by atoms with E-state index in [-0.39, 0.29) is 5.54 Å². The first-order valence-electron chi connectivity index (χ1n) is 11.0. The Kier molecular flexibility index (Phi) is 7.87. The molecule has 2 aliphatic rings. The Labute approximate surface area is 179 Å². The first-order chi connectivity index (χ1) is 14.0. The van der Waals surface area contributed by atoms with Crippen LogP contribution >= 0.6 is 11.8 Å². The van der Waals surface area contributed by atoms with Gasteiger partial charge in [0.1, 0.15) is 5.60 Å². The lowest BCUT2D eigenvalue weighted by Gasteiger charge is -2.48. The van der Waals surface area contributed by atoms with Crippen molar-refractivity contribution in [2.75, 3.05) is 44.2 Å². The molecule has 8 heteroatoms. The number of aryl methyl sites for hydroxylation is 1. The van der Waals surface area contributed by atoms with Crippen molar-refractivity contribution in [1.29, 1.82) is 0 Å². The number of thioether (sulfide) groups is 1. The minimum Gasteiger partial charge on any atom is -0.383 e. The second-order valence-corrected chi connectivity index (χ2v) is 9.83. The predicted molar refractivity (Wildman–Crippen MR) is 121 cm³/mol. The van der Waals surface area contributed by atoms with Crippen LogP contribution < -0.4 is 10.6 Å². The van der Waals surface area contributed by atoms with E-state index in [0.29, 0.717) is 6.54 Å². The summed E-state index contributed by atoms with van der Waals surface area (Å²) in [6.45, 7) is 8.26. The Morgan fingerprint density at radius 1 is 1.28 bits per heavy atom. The van der Waals surface area contributed by atoms with Gasteiger partial charge < -0.3 is 15.7 Å². The van der Waals surface area contributed by atoms with Crippen molar-refractivity contribution in [1.82, 2.24) is 25.3 Å². The lowest BCUT2D eigenvalue weighted by atomic mass is 9.80. The second kappa shape index (κ2) is 10.2. The van der Waals surface area contributed by atoms with E-state index in [0.717, 1.165) is 24.6 Å². The van der Waals surface area contributed by atoms with Gasteiger partial charge >= 0.3 is 0 Å². The number of rotatable bonds is 7. The summed E-state index contributed by atoms with van der Waals surface area (Å²) in [5.74, 6) is 3.27. The highest BCUT2D eigenvalue weighted by molar-refractivity contribution is 7.99. The molecule has 0 spiro atoms. The molecule has 0 amide bonds. The van der Waals surface area contributed by atoms with E-state index < -0.39 is 5.60 Å². The normalized spacial score (nSPS) is 22.8. The van der Waals surface area contributed by atoms with Crippen molar-refractivity contribution in [3.05, 3.63) is 18.0 Å². The van der Waals surface area contributed by atoms with Crippen molar-refractivity contribution in [2.45, 2.75) is 57.1 Å². The van der Waals surface area contributed by atoms with Crippen molar-refractivity contribution >= 4 is 17.7 Å². The topological polar surface area (TPSA) is 77.7 Å². The van der Waals surface area contributed by atoms with Gasteiger partial charge in [0.05, 0.1) is 12.7 Å². The molecule has 0 aromatic carbocycles. The number of aromatic nitrogens is 2. The highest BCUT2D eigenvalue weighted by atomic mass is 32.2. The van der Waals surface area contributed by atoms with Gasteiger partial charge in [0.15, 0.2) is 5.96 Å². The molecule has 0 radical (unpaired) electrons. The van der Waals surface area contributed by atoms with Crippen molar-refractivity contribution in [3.63, 3.8) is 0 Å². The van der Waals surface area contributed by atoms with Gasteiger partial charge in [-0.15, -0.1) is 0 Å². The van der Waals surface area contributed by atoms with Gasteiger partial charge in [-0.2, -0.15) is 16.9 Å². The van der Waals surface area contributed by atoms with Gasteiger partial charge in [0, 0.05) is 62.0 Å². The molecule has 1 unspecified atom stereocenters. The van der Waals surface area contributed by atoms with E-state index in [9.17, 15) is 5.11 Å². The van der Waals surface area contributed by atoms with Crippen LogP contribution in [0.5, 0.6) is 0 Å². The average molecular weight is 423 g/mol. The first-order valence-corrected chi connectivity index (χ1v) is 12.2. The average Bonchev–Trinajstić information content (AvgIpc) is 3.19. The molecule has 1 saturated carbocycles. The molecule has 1 aliphatic heterocycles. The number of hydrogen-bond acceptors (Lipinski definition) is 5. The van der Waals surface area contributed by atoms with Gasteiger partial charge in [-0.25, -0.2) is 4.99 Å². The molecule has 2 heterocycles. The minimum absolute atomic E-state index is 0.237. The van der Waals surface area contributed by atoms with Crippen LogP contribution in [0.25, 0.3) is 0 Å². The fourth-order valence-electron chi connectivity index (χ4n) is 4.47. The number of nitrogens with one attached hydrogen (secondary N) is 2. The Hall–Kier alpha value is -1.25. The third-order valence-corrected chi connectivity index (χ3v) is 7.21. The van der Waals surface area contributed by atoms with Crippen LogP contribution in [-0.4, -0.2) is 75.5 Å². The van der Waals surface area contributed by atoms with Crippen LogP contribution in [0.2, 0.25) is 0 Å². The number of nitrogens with zero attached hydrogens (tertiary/aromatic N) is 4. The minimum atomic E-state index is -1.04. The van der Waals surface area contributed by atoms with Gasteiger partial charge in [-0.05, 0) is 26.7 Å². The van der Waals surface area contributed by atoms with Gasteiger partial charge in [0.25, 0.3) is 0 Å². The maximum absolute atomic E-state index is 10.9. The maximum Gasteiger partial charge on any atom is 0.191 e. The molecule has 7 nitrogen and oxygen atoms in total. The van der Waals surface area contributed by atoms with Crippen LogP contribution in [0.4, 0.5) is 0 Å². The molecule has 3 N–H and O–H groups in total. The number of aliphatic imine (C=N–C) groups is 1. The Morgan fingerprint density at radius 3 is 2.62 bits per heavy atom. The lowest BCUT2D eigenvalue weighted by molar-refractivity contribution is 0.0618. The van der Waals surface area contributed by atoms with E-state index in [2.05, 4.69) is 39.3 Å². The Bertz CT molecular complexity index is 662. The molecule has 3 rings (SSSR count). The molecule has 164 valence electrons. The summed E-state index contributed by atoms with van der Waals surface area (Å²) in [4.78, 5) is 7.44. The molecule has 0 bridgehead atoms. The lowest BCUT2D eigenvalue weighted by Crippen LogP contribution is -2.59. The van der Waals surface area contributed by atoms with E-state index in [1.165, 1.54) is 56.7 Å². The smallest absolute Gasteiger partial charge is 0.191 e. The van der Waals surface area contributed by atoms with Crippen molar-refractivity contribution in [3.8, 4) is 0 Å². The summed E-state index contributed by atoms with van der Waals surface area (Å²) in [5.41, 5.74) is -0.0148. The van der Waals surface area contributed by atoms with Gasteiger partial charge in [0.2, 0.25) is 0 Å². The monoisotopic (exact) mass is 422 g/mol. The largest absolute Gasteiger partial charge is 0.383 e. The number of hydrogen-bond donors (Lipinski definition) is 3. The van der Waals surface area contributed by atoms with Crippen LogP contribution in [0.3, 0.4) is 0 Å². The summed E-state index contributed by atoms with van der Waals surface area (Å²) in [5, 5.41) is 22.0. The predicted octanol–water partition coefficient (Wildman–Crippen LogP) is 1.93. The van der Waals surface area contributed by atoms with Crippen LogP contribution in [0.15, 0.2) is 17.4 Å². The van der Waals surface area contributed by atoms with Crippen LogP contribution in [0, 0.1) is 0 Å². The molecule has 29 heavy (non-hydrogen) atoms. The highest BCUT2D eigenvalue weighted by Crippen LogP contribution is 2.34. The third kappa shape index (κ3) is 5.89. The zero-order valence-corrected chi connectivity index (χ0v) is 19.1. The second-order valence-electron chi connectivity index (χ2n) is 8.61. The van der Waals surface area contributed by atoms with Gasteiger partial charge in [-0.3, -0.25) is 9.58 Å². The Balaban J connectivity index is 1.67. The van der Waals surface area contributed by atoms with Crippen molar-refractivity contribution in [2.24, 2.45) is 12.0 Å². The summed E-state index contributed by atoms with van der Waals surface area (Å²) in [6, 6.07) is 0. The molecular weight excluding hydrogens is 384 g/mol. The first kappa shape index (κ1) is 22.4. The SMILES string of the molecule is CCNC(=NCC(C)(O)c1cnn(C)c1)NCC1(N2CCSCC2)CCCCC1. The number of aliphatic hydroxyl groups is 1. The Morgan fingerprint density at radius 2 is 2.00 bits per heavy atom. The molecule has 1 atom stereocenters. The quantitative estimate of drug-likeness (QED) is 0.460. The van der Waals surface area contributed by atoms with E-state index >= 15 is 0 Å². The molecular formula is C21H38N6OS. The highest BCUT2D eigenvalue weighted by Gasteiger charge is 2.38. The van der Waals surface area contributed by atoms with E-state index in [1.54, 1.807) is 17.8 Å².